The van der Waals surface area contributed by atoms with Gasteiger partial charge < -0.3 is 9.84 Å². The highest BCUT2D eigenvalue weighted by molar-refractivity contribution is 6.32. The zero-order chi connectivity index (χ0) is 24.6. The van der Waals surface area contributed by atoms with Crippen molar-refractivity contribution >= 4 is 17.6 Å². The Labute approximate surface area is 191 Å². The molecule has 1 unspecified atom stereocenters. The number of benzene rings is 2. The van der Waals surface area contributed by atoms with Gasteiger partial charge in [-0.25, -0.2) is 0 Å². The summed E-state index contributed by atoms with van der Waals surface area (Å²) >= 11 is 6.27. The van der Waals surface area contributed by atoms with Crippen molar-refractivity contribution in [2.75, 3.05) is 6.61 Å². The van der Waals surface area contributed by atoms with Crippen LogP contribution in [-0.2, 0) is 16.4 Å². The second-order valence-corrected chi connectivity index (χ2v) is 8.71. The molecule has 0 aromatic heterocycles. The number of carboxylic acids is 1. The van der Waals surface area contributed by atoms with E-state index in [-0.39, 0.29) is 33.4 Å². The molecule has 1 saturated carbocycles. The van der Waals surface area contributed by atoms with Crippen LogP contribution in [0, 0.1) is 5.92 Å². The molecule has 2 aromatic carbocycles. The van der Waals surface area contributed by atoms with Gasteiger partial charge in [-0.1, -0.05) is 36.6 Å². The maximum Gasteiger partial charge on any atom is 0.422 e. The molecule has 0 aliphatic heterocycles. The number of ether oxygens (including phenoxy) is 1. The Balaban J connectivity index is 2.17. The average molecular weight is 495 g/mol. The van der Waals surface area contributed by atoms with Crippen LogP contribution in [0.15, 0.2) is 36.4 Å². The fraction of sp³-hybridized carbons (Fsp3) is 0.435. The molecule has 10 heteroatoms. The minimum Gasteiger partial charge on any atom is -0.482 e. The third-order valence-electron chi connectivity index (χ3n) is 6.16. The molecule has 0 saturated heterocycles. The van der Waals surface area contributed by atoms with Crippen LogP contribution >= 0.6 is 11.6 Å². The molecule has 0 amide bonds. The van der Waals surface area contributed by atoms with Gasteiger partial charge in [0.1, 0.15) is 5.75 Å². The first-order valence-corrected chi connectivity index (χ1v) is 10.6. The molecular weight excluding hydrogens is 474 g/mol. The average Bonchev–Trinajstić information content (AvgIpc) is 3.25. The van der Waals surface area contributed by atoms with Crippen LogP contribution < -0.4 is 4.74 Å². The highest BCUT2D eigenvalue weighted by Crippen LogP contribution is 2.47. The maximum atomic E-state index is 13.0. The van der Waals surface area contributed by atoms with Gasteiger partial charge in [-0.3, -0.25) is 4.79 Å². The van der Waals surface area contributed by atoms with Crippen LogP contribution in [0.25, 0.3) is 11.1 Å². The number of aliphatic carboxylic acids is 1. The van der Waals surface area contributed by atoms with E-state index in [1.807, 2.05) is 0 Å². The van der Waals surface area contributed by atoms with Gasteiger partial charge >= 0.3 is 18.3 Å². The molecule has 0 radical (unpaired) electrons. The van der Waals surface area contributed by atoms with Gasteiger partial charge in [0, 0.05) is 5.56 Å². The molecule has 3 rings (SSSR count). The molecule has 1 aliphatic carbocycles. The summed E-state index contributed by atoms with van der Waals surface area (Å²) in [5.41, 5.74) is -1.97. The molecule has 1 atom stereocenters. The van der Waals surface area contributed by atoms with E-state index in [9.17, 15) is 36.2 Å². The third-order valence-corrected chi connectivity index (χ3v) is 6.44. The van der Waals surface area contributed by atoms with Crippen LogP contribution in [-0.4, -0.2) is 23.9 Å². The van der Waals surface area contributed by atoms with E-state index < -0.39 is 35.9 Å². The largest absolute Gasteiger partial charge is 0.482 e. The molecule has 0 bridgehead atoms. The topological polar surface area (TPSA) is 46.5 Å². The van der Waals surface area contributed by atoms with E-state index in [1.54, 1.807) is 0 Å². The van der Waals surface area contributed by atoms with Gasteiger partial charge in [0.05, 0.1) is 16.0 Å². The lowest BCUT2D eigenvalue weighted by molar-refractivity contribution is -0.153. The second-order valence-electron chi connectivity index (χ2n) is 8.30. The van der Waals surface area contributed by atoms with Crippen molar-refractivity contribution < 1.29 is 41.0 Å². The number of halogens is 7. The van der Waals surface area contributed by atoms with E-state index in [4.69, 9.17) is 16.3 Å². The second kappa shape index (κ2) is 9.08. The first-order valence-electron chi connectivity index (χ1n) is 10.2. The van der Waals surface area contributed by atoms with E-state index in [2.05, 4.69) is 0 Å². The molecule has 0 spiro atoms. The van der Waals surface area contributed by atoms with Crippen molar-refractivity contribution in [1.82, 2.24) is 0 Å². The number of alkyl halides is 6. The van der Waals surface area contributed by atoms with Gasteiger partial charge in [0.25, 0.3) is 0 Å². The van der Waals surface area contributed by atoms with E-state index in [1.165, 1.54) is 19.1 Å². The minimum absolute atomic E-state index is 0.0130. The smallest absolute Gasteiger partial charge is 0.422 e. The summed E-state index contributed by atoms with van der Waals surface area (Å²) in [4.78, 5) is 12.3. The van der Waals surface area contributed by atoms with Crippen molar-refractivity contribution in [3.63, 3.8) is 0 Å². The summed E-state index contributed by atoms with van der Waals surface area (Å²) in [5.74, 6) is -1.72. The van der Waals surface area contributed by atoms with Crippen LogP contribution in [0.5, 0.6) is 5.75 Å². The Bertz CT molecular complexity index is 1010. The maximum absolute atomic E-state index is 13.0. The lowest BCUT2D eigenvalue weighted by Gasteiger charge is -2.33. The number of hydrogen-bond acceptors (Lipinski definition) is 2. The fourth-order valence-electron chi connectivity index (χ4n) is 4.28. The van der Waals surface area contributed by atoms with Crippen LogP contribution in [0.3, 0.4) is 0 Å². The number of hydrogen-bond donors (Lipinski definition) is 1. The quantitative estimate of drug-likeness (QED) is 0.423. The number of carboxylic acid groups (broad SMARTS) is 1. The fourth-order valence-corrected chi connectivity index (χ4v) is 4.56. The SMILES string of the molecule is CC(C(=O)O)(c1cc(Cl)c(OCC(F)(F)F)c(-c2ccc(C(F)(F)F)cc2)c1)C1CCCC1. The van der Waals surface area contributed by atoms with E-state index >= 15 is 0 Å². The van der Waals surface area contributed by atoms with Gasteiger partial charge in [0.15, 0.2) is 6.61 Å². The van der Waals surface area contributed by atoms with Crippen LogP contribution in [0.1, 0.15) is 43.7 Å². The van der Waals surface area contributed by atoms with Crippen molar-refractivity contribution in [3.8, 4) is 16.9 Å². The lowest BCUT2D eigenvalue weighted by Crippen LogP contribution is -2.39. The molecule has 1 fully saturated rings. The summed E-state index contributed by atoms with van der Waals surface area (Å²) < 4.78 is 82.2. The molecule has 3 nitrogen and oxygen atoms in total. The zero-order valence-corrected chi connectivity index (χ0v) is 18.2. The highest BCUT2D eigenvalue weighted by atomic mass is 35.5. The molecular formula is C23H21ClF6O3. The Morgan fingerprint density at radius 3 is 2.09 bits per heavy atom. The first kappa shape index (κ1) is 25.2. The predicted octanol–water partition coefficient (Wildman–Crippen LogP) is 7.50. The Kier molecular flexibility index (Phi) is 6.94. The summed E-state index contributed by atoms with van der Waals surface area (Å²) in [7, 11) is 0. The minimum atomic E-state index is -4.68. The Morgan fingerprint density at radius 2 is 1.61 bits per heavy atom. The molecule has 180 valence electrons. The first-order chi connectivity index (χ1) is 15.2. The third kappa shape index (κ3) is 5.39. The van der Waals surface area contributed by atoms with Gasteiger partial charge in [0.2, 0.25) is 0 Å². The predicted molar refractivity (Wildman–Crippen MR) is 110 cm³/mol. The summed E-state index contributed by atoms with van der Waals surface area (Å²) in [6, 6.07) is 6.38. The van der Waals surface area contributed by atoms with Crippen molar-refractivity contribution in [1.29, 1.82) is 0 Å². The molecule has 0 heterocycles. The zero-order valence-electron chi connectivity index (χ0n) is 17.5. The van der Waals surface area contributed by atoms with Crippen molar-refractivity contribution in [2.45, 2.75) is 50.4 Å². The van der Waals surface area contributed by atoms with Gasteiger partial charge in [-0.2, -0.15) is 26.3 Å². The number of carbonyl (C=O) groups is 1. The van der Waals surface area contributed by atoms with Crippen LogP contribution in [0.2, 0.25) is 5.02 Å². The summed E-state index contributed by atoms with van der Waals surface area (Å²) in [6.07, 6.45) is -6.28. The standard InChI is InChI=1S/C23H21ClF6O3/c1-21(20(31)32,14-4-2-3-5-14)16-10-17(13-6-8-15(9-7-13)23(28,29)30)19(18(24)11-16)33-12-22(25,26)27/h6-11,14H,2-5,12H2,1H3,(H,31,32). The van der Waals surface area contributed by atoms with E-state index in [0.29, 0.717) is 12.8 Å². The molecule has 1 aliphatic rings. The van der Waals surface area contributed by atoms with Crippen molar-refractivity contribution in [3.05, 3.63) is 52.5 Å². The van der Waals surface area contributed by atoms with Gasteiger partial charge in [-0.15, -0.1) is 0 Å². The Morgan fingerprint density at radius 1 is 1.03 bits per heavy atom. The lowest BCUT2D eigenvalue weighted by atomic mass is 9.70. The number of rotatable bonds is 6. The summed E-state index contributed by atoms with van der Waals surface area (Å²) in [5, 5.41) is 9.80. The molecule has 1 N–H and O–H groups in total. The molecule has 33 heavy (non-hydrogen) atoms. The van der Waals surface area contributed by atoms with Crippen LogP contribution in [0.4, 0.5) is 26.3 Å². The highest BCUT2D eigenvalue weighted by Gasteiger charge is 2.45. The summed E-state index contributed by atoms with van der Waals surface area (Å²) in [6.45, 7) is -0.137. The van der Waals surface area contributed by atoms with E-state index in [0.717, 1.165) is 37.1 Å². The van der Waals surface area contributed by atoms with Crippen molar-refractivity contribution in [2.24, 2.45) is 5.92 Å². The Hall–Kier alpha value is -2.42. The van der Waals surface area contributed by atoms with Gasteiger partial charge in [-0.05, 0) is 61.1 Å². The monoisotopic (exact) mass is 494 g/mol. The molecule has 2 aromatic rings. The normalized spacial score (nSPS) is 17.1.